The third kappa shape index (κ3) is 6.25. The lowest BCUT2D eigenvalue weighted by atomic mass is 10.1. The van der Waals surface area contributed by atoms with E-state index in [1.165, 1.54) is 33.0 Å². The van der Waals surface area contributed by atoms with Crippen molar-refractivity contribution in [3.63, 3.8) is 0 Å². The van der Waals surface area contributed by atoms with E-state index in [4.69, 9.17) is 12.2 Å². The molecule has 0 aliphatic carbocycles. The Hall–Kier alpha value is -3.53. The number of thiazole rings is 2. The summed E-state index contributed by atoms with van der Waals surface area (Å²) in [5.41, 5.74) is 3.92. The van der Waals surface area contributed by atoms with E-state index < -0.39 is 0 Å². The van der Waals surface area contributed by atoms with Gasteiger partial charge in [0.1, 0.15) is 9.54 Å². The van der Waals surface area contributed by atoms with Crippen molar-refractivity contribution in [2.45, 2.75) is 66.1 Å². The maximum Gasteiger partial charge on any atom is 0.269 e. The van der Waals surface area contributed by atoms with Gasteiger partial charge in [0.15, 0.2) is 11.3 Å². The lowest BCUT2D eigenvalue weighted by Gasteiger charge is -2.09. The summed E-state index contributed by atoms with van der Waals surface area (Å²) in [6, 6.07) is 21.1. The number of aromatic nitrogens is 4. The van der Waals surface area contributed by atoms with Crippen LogP contribution < -0.4 is 24.4 Å². The molecule has 0 saturated heterocycles. The highest BCUT2D eigenvalue weighted by Gasteiger charge is 2.27. The van der Waals surface area contributed by atoms with Crippen molar-refractivity contribution in [3.05, 3.63) is 95.7 Å². The summed E-state index contributed by atoms with van der Waals surface area (Å²) in [6.45, 7) is 8.24. The minimum absolute atomic E-state index is 0.0671. The fraction of sp³-hybridized carbons (Fsp3) is 0.324. The molecule has 224 valence electrons. The second-order valence-corrected chi connectivity index (χ2v) is 13.0. The van der Waals surface area contributed by atoms with Crippen LogP contribution >= 0.6 is 34.9 Å². The van der Waals surface area contributed by atoms with Gasteiger partial charge in [0.25, 0.3) is 10.6 Å². The van der Waals surface area contributed by atoms with E-state index >= 15 is 0 Å². The van der Waals surface area contributed by atoms with E-state index in [0.29, 0.717) is 28.1 Å². The van der Waals surface area contributed by atoms with E-state index in [1.54, 1.807) is 33.6 Å². The van der Waals surface area contributed by atoms with E-state index in [-0.39, 0.29) is 11.4 Å². The van der Waals surface area contributed by atoms with Gasteiger partial charge in [0.2, 0.25) is 5.69 Å². The highest BCUT2D eigenvalue weighted by atomic mass is 32.1. The Labute approximate surface area is 265 Å². The second kappa shape index (κ2) is 13.8. The molecule has 0 N–H and O–H groups in total. The average Bonchev–Trinajstić information content (AvgIpc) is 3.60. The van der Waals surface area contributed by atoms with Crippen molar-refractivity contribution in [1.82, 2.24) is 13.7 Å². The molecule has 3 heterocycles. The number of imidazole rings is 1. The smallest absolute Gasteiger partial charge is 0.269 e. The first kappa shape index (κ1) is 30.9. The molecule has 0 aliphatic heterocycles. The summed E-state index contributed by atoms with van der Waals surface area (Å²) in [5, 5.41) is 14.2. The van der Waals surface area contributed by atoms with Crippen LogP contribution in [0, 0.1) is 4.77 Å². The standard InChI is InChI=1S/C34H38N4O2S3/c1-5-8-20-37-28(43-31(25-18-14-11-15-19-25)30(37)24-16-12-10-13-17-24)23-29-38(21-9-6-2)33(40)27(42-29)22-26-32(39)36(7-3)34(41)35(26)4/h10-19,22-23H,5-9,20-21H2,1-4H3. The third-order valence-corrected chi connectivity index (χ3v) is 10.4. The van der Waals surface area contributed by atoms with Crippen LogP contribution in [0.1, 0.15) is 57.2 Å². The van der Waals surface area contributed by atoms with Crippen molar-refractivity contribution in [3.8, 4) is 27.6 Å². The normalized spacial score (nSPS) is 12.5. The molecule has 5 aromatic rings. The van der Waals surface area contributed by atoms with E-state index in [1.807, 2.05) is 17.6 Å². The van der Waals surface area contributed by atoms with Gasteiger partial charge in [-0.3, -0.25) is 9.36 Å². The van der Waals surface area contributed by atoms with Crippen LogP contribution in [0.2, 0.25) is 0 Å². The van der Waals surface area contributed by atoms with Crippen LogP contribution in [-0.2, 0) is 26.7 Å². The molecule has 0 atom stereocenters. The van der Waals surface area contributed by atoms with Crippen molar-refractivity contribution >= 4 is 47.0 Å². The van der Waals surface area contributed by atoms with E-state index in [0.717, 1.165) is 41.9 Å². The predicted molar refractivity (Wildman–Crippen MR) is 180 cm³/mol. The monoisotopic (exact) mass is 630 g/mol. The van der Waals surface area contributed by atoms with Gasteiger partial charge in [-0.1, -0.05) is 86.6 Å². The highest BCUT2D eigenvalue weighted by molar-refractivity contribution is 7.71. The lowest BCUT2D eigenvalue weighted by Crippen LogP contribution is -2.38. The molecule has 0 fully saturated rings. The van der Waals surface area contributed by atoms with Gasteiger partial charge in [-0.25, -0.2) is 0 Å². The maximum atomic E-state index is 13.8. The molecule has 5 rings (SSSR count). The summed E-state index contributed by atoms with van der Waals surface area (Å²) in [4.78, 5) is 15.0. The van der Waals surface area contributed by atoms with E-state index in [2.05, 4.69) is 79.1 Å². The number of hydrogen-bond acceptors (Lipinski definition) is 5. The van der Waals surface area contributed by atoms with Gasteiger partial charge >= 0.3 is 0 Å². The van der Waals surface area contributed by atoms with Gasteiger partial charge in [0, 0.05) is 32.1 Å². The number of rotatable bonds is 11. The van der Waals surface area contributed by atoms with Gasteiger partial charge in [-0.05, 0) is 55.2 Å². The zero-order chi connectivity index (χ0) is 30.5. The molecule has 9 heteroatoms. The van der Waals surface area contributed by atoms with Gasteiger partial charge in [0.05, 0.1) is 16.3 Å². The Balaban J connectivity index is 1.79. The Kier molecular flexibility index (Phi) is 9.95. The Morgan fingerprint density at radius 1 is 0.884 bits per heavy atom. The second-order valence-electron chi connectivity index (χ2n) is 10.5. The Bertz CT molecular complexity index is 1940. The van der Waals surface area contributed by atoms with Crippen LogP contribution in [0.3, 0.4) is 0 Å². The van der Waals surface area contributed by atoms with Crippen LogP contribution in [0.25, 0.3) is 33.9 Å². The number of hydrogen-bond donors (Lipinski definition) is 0. The minimum atomic E-state index is -0.163. The summed E-state index contributed by atoms with van der Waals surface area (Å²) in [6.07, 6.45) is 7.89. The topological polar surface area (TPSA) is 58.8 Å². The lowest BCUT2D eigenvalue weighted by molar-refractivity contribution is -0.683. The molecule has 0 bridgehead atoms. The highest BCUT2D eigenvalue weighted by Crippen LogP contribution is 2.36. The van der Waals surface area contributed by atoms with Crippen LogP contribution in [0.4, 0.5) is 0 Å². The molecule has 0 radical (unpaired) electrons. The molecule has 0 aliphatic rings. The quantitative estimate of drug-likeness (QED) is 0.137. The summed E-state index contributed by atoms with van der Waals surface area (Å²) < 4.78 is 9.46. The zero-order valence-corrected chi connectivity index (χ0v) is 27.7. The predicted octanol–water partition coefficient (Wildman–Crippen LogP) is 5.81. The van der Waals surface area contributed by atoms with Gasteiger partial charge in [-0.2, -0.15) is 4.57 Å². The summed E-state index contributed by atoms with van der Waals surface area (Å²) >= 11 is 8.69. The Morgan fingerprint density at radius 3 is 2.14 bits per heavy atom. The molecule has 6 nitrogen and oxygen atoms in total. The van der Waals surface area contributed by atoms with Crippen molar-refractivity contribution < 1.29 is 9.67 Å². The molecule has 43 heavy (non-hydrogen) atoms. The fourth-order valence-electron chi connectivity index (χ4n) is 5.25. The molecule has 0 spiro atoms. The van der Waals surface area contributed by atoms with Crippen molar-refractivity contribution in [2.24, 2.45) is 7.05 Å². The molecule has 0 unspecified atom stereocenters. The largest absolute Gasteiger partial charge is 0.859 e. The molecular weight excluding hydrogens is 593 g/mol. The SMILES string of the molecule is CCCCn1c(=O)/c(=C/c2c([O-])n(CC)c(=S)n2C)s/c1=C/c1sc(-c2ccccc2)c(-c2ccccc2)[n+]1CCCC. The third-order valence-electron chi connectivity index (χ3n) is 7.62. The number of nitrogens with zero attached hydrogens (tertiary/aromatic N) is 4. The molecule has 3 aromatic heterocycles. The summed E-state index contributed by atoms with van der Waals surface area (Å²) in [7, 11) is 1.79. The van der Waals surface area contributed by atoms with Crippen LogP contribution in [0.5, 0.6) is 5.88 Å². The van der Waals surface area contributed by atoms with Crippen LogP contribution in [-0.4, -0.2) is 13.7 Å². The van der Waals surface area contributed by atoms with Gasteiger partial charge < -0.3 is 14.2 Å². The first-order valence-electron chi connectivity index (χ1n) is 15.0. The number of unbranched alkanes of at least 4 members (excludes halogenated alkanes) is 2. The molecular formula is C34H38N4O2S3. The maximum absolute atomic E-state index is 13.8. The van der Waals surface area contributed by atoms with E-state index in [9.17, 15) is 9.90 Å². The molecule has 0 saturated carbocycles. The fourth-order valence-corrected chi connectivity index (χ4v) is 7.93. The minimum Gasteiger partial charge on any atom is -0.859 e. The summed E-state index contributed by atoms with van der Waals surface area (Å²) in [5.74, 6) is -0.163. The van der Waals surface area contributed by atoms with Crippen LogP contribution in [0.15, 0.2) is 65.5 Å². The van der Waals surface area contributed by atoms with Gasteiger partial charge in [-0.15, -0.1) is 11.3 Å². The number of benzene rings is 2. The molecule has 0 amide bonds. The zero-order valence-electron chi connectivity index (χ0n) is 25.2. The van der Waals surface area contributed by atoms with Crippen molar-refractivity contribution in [1.29, 1.82) is 0 Å². The average molecular weight is 631 g/mol. The molecule has 2 aromatic carbocycles. The first-order valence-corrected chi connectivity index (χ1v) is 17.0. The van der Waals surface area contributed by atoms with Crippen molar-refractivity contribution in [2.75, 3.05) is 0 Å². The Morgan fingerprint density at radius 2 is 1.53 bits per heavy atom. The first-order chi connectivity index (χ1) is 20.9.